The quantitative estimate of drug-likeness (QED) is 0.542. The van der Waals surface area contributed by atoms with Crippen molar-refractivity contribution in [2.45, 2.75) is 19.9 Å². The lowest BCUT2D eigenvalue weighted by atomic mass is 10.2. The highest BCUT2D eigenvalue weighted by Gasteiger charge is 2.20. The van der Waals surface area contributed by atoms with Crippen LogP contribution in [0.4, 0.5) is 5.69 Å². The number of nitrogens with zero attached hydrogens (tertiary/aromatic N) is 1. The molecular weight excluding hydrogens is 405 g/mol. The fraction of sp³-hybridized carbons (Fsp3) is 0.222. The fourth-order valence-electron chi connectivity index (χ4n) is 2.18. The van der Waals surface area contributed by atoms with Gasteiger partial charge >= 0.3 is 5.97 Å². The molecule has 0 bridgehead atoms. The monoisotopic (exact) mass is 423 g/mol. The van der Waals surface area contributed by atoms with Gasteiger partial charge in [-0.05, 0) is 72.8 Å². The molecule has 0 aromatic heterocycles. The molecule has 0 saturated carbocycles. The van der Waals surface area contributed by atoms with Crippen LogP contribution in [0.25, 0.3) is 0 Å². The molecule has 2 aromatic rings. The maximum Gasteiger partial charge on any atom is 0.338 e. The Bertz CT molecular complexity index is 668. The van der Waals surface area contributed by atoms with Crippen LogP contribution < -0.4 is 4.90 Å². The molecule has 1 amide bonds. The van der Waals surface area contributed by atoms with E-state index in [1.807, 2.05) is 56.3 Å². The van der Waals surface area contributed by atoms with Gasteiger partial charge in [0.25, 0.3) is 5.91 Å². The second kappa shape index (κ2) is 8.10. The molecule has 0 spiro atoms. The molecule has 2 aromatic carbocycles. The van der Waals surface area contributed by atoms with Crippen molar-refractivity contribution < 1.29 is 14.3 Å². The molecule has 0 heterocycles. The summed E-state index contributed by atoms with van der Waals surface area (Å²) < 4.78 is 6.18. The molecule has 4 nitrogen and oxygen atoms in total. The molecule has 2 rings (SSSR count). The van der Waals surface area contributed by atoms with Crippen molar-refractivity contribution in [1.82, 2.24) is 0 Å². The summed E-state index contributed by atoms with van der Waals surface area (Å²) in [6.45, 7) is 3.57. The van der Waals surface area contributed by atoms with Crippen LogP contribution in [0.3, 0.4) is 0 Å². The van der Waals surface area contributed by atoms with E-state index >= 15 is 0 Å². The van der Waals surface area contributed by atoms with Gasteiger partial charge in [0.2, 0.25) is 0 Å². The summed E-state index contributed by atoms with van der Waals surface area (Å²) in [7, 11) is 0. The first-order valence-corrected chi connectivity index (χ1v) is 8.36. The van der Waals surface area contributed by atoms with Gasteiger partial charge in [-0.3, -0.25) is 4.79 Å². The zero-order chi connectivity index (χ0) is 16.8. The third kappa shape index (κ3) is 4.79. The average molecular weight is 423 g/mol. The van der Waals surface area contributed by atoms with Crippen molar-refractivity contribution >= 4 is 40.2 Å². The molecule has 0 aliphatic rings. The summed E-state index contributed by atoms with van der Waals surface area (Å²) >= 11 is 2.16. The van der Waals surface area contributed by atoms with E-state index in [-0.39, 0.29) is 18.6 Å². The Kier molecular flexibility index (Phi) is 6.15. The Morgan fingerprint density at radius 1 is 1.04 bits per heavy atom. The minimum absolute atomic E-state index is 0.0260. The highest BCUT2D eigenvalue weighted by atomic mass is 127. The maximum atomic E-state index is 12.4. The lowest BCUT2D eigenvalue weighted by Crippen LogP contribution is -2.39. The highest BCUT2D eigenvalue weighted by Crippen LogP contribution is 2.17. The maximum absolute atomic E-state index is 12.4. The van der Waals surface area contributed by atoms with Crippen LogP contribution in [-0.4, -0.2) is 24.5 Å². The van der Waals surface area contributed by atoms with Crippen LogP contribution in [-0.2, 0) is 9.53 Å². The zero-order valence-electron chi connectivity index (χ0n) is 13.0. The van der Waals surface area contributed by atoms with Crippen molar-refractivity contribution in [3.63, 3.8) is 0 Å². The number of anilines is 1. The number of amides is 1. The van der Waals surface area contributed by atoms with Crippen LogP contribution in [0.5, 0.6) is 0 Å². The first-order valence-electron chi connectivity index (χ1n) is 7.29. The molecule has 0 unspecified atom stereocenters. The molecule has 0 aliphatic carbocycles. The molecule has 0 saturated heterocycles. The smallest absolute Gasteiger partial charge is 0.338 e. The Morgan fingerprint density at radius 2 is 1.65 bits per heavy atom. The number of rotatable bonds is 5. The largest absolute Gasteiger partial charge is 0.452 e. The van der Waals surface area contributed by atoms with E-state index in [0.29, 0.717) is 5.56 Å². The van der Waals surface area contributed by atoms with Crippen LogP contribution >= 0.6 is 22.6 Å². The Labute approximate surface area is 149 Å². The normalized spacial score (nSPS) is 10.4. The van der Waals surface area contributed by atoms with Crippen LogP contribution in [0.2, 0.25) is 0 Å². The van der Waals surface area contributed by atoms with Gasteiger partial charge in [-0.2, -0.15) is 0 Å². The van der Waals surface area contributed by atoms with Crippen LogP contribution in [0.1, 0.15) is 24.2 Å². The van der Waals surface area contributed by atoms with Gasteiger partial charge in [-0.1, -0.05) is 18.2 Å². The molecule has 0 aliphatic heterocycles. The van der Waals surface area contributed by atoms with Crippen LogP contribution in [0.15, 0.2) is 54.6 Å². The Balaban J connectivity index is 2.02. The Morgan fingerprint density at radius 3 is 2.22 bits per heavy atom. The summed E-state index contributed by atoms with van der Waals surface area (Å²) in [6.07, 6.45) is 0. The number of carbonyl (C=O) groups excluding carboxylic acids is 2. The van der Waals surface area contributed by atoms with Gasteiger partial charge in [-0.15, -0.1) is 0 Å². The number of carbonyl (C=O) groups is 2. The first-order chi connectivity index (χ1) is 11.0. The number of hydrogen-bond donors (Lipinski definition) is 0. The van der Waals surface area contributed by atoms with Gasteiger partial charge in [-0.25, -0.2) is 4.79 Å². The van der Waals surface area contributed by atoms with E-state index in [2.05, 4.69) is 22.6 Å². The van der Waals surface area contributed by atoms with Crippen LogP contribution in [0, 0.1) is 3.57 Å². The first kappa shape index (κ1) is 17.5. The van der Waals surface area contributed by atoms with Gasteiger partial charge in [0.1, 0.15) is 0 Å². The standard InChI is InChI=1S/C18H18INO3/c1-13(2)20(16-6-4-3-5-7-16)17(21)12-23-18(22)14-8-10-15(19)11-9-14/h3-11,13H,12H2,1-2H3. The summed E-state index contributed by atoms with van der Waals surface area (Å²) in [5.74, 6) is -0.739. The topological polar surface area (TPSA) is 46.6 Å². The molecule has 120 valence electrons. The lowest BCUT2D eigenvalue weighted by Gasteiger charge is -2.26. The number of benzene rings is 2. The second-order valence-corrected chi connectivity index (χ2v) is 6.52. The van der Waals surface area contributed by atoms with E-state index in [1.54, 1.807) is 17.0 Å². The van der Waals surface area contributed by atoms with Gasteiger partial charge < -0.3 is 9.64 Å². The summed E-state index contributed by atoms with van der Waals surface area (Å²) in [5.41, 5.74) is 1.23. The van der Waals surface area contributed by atoms with Gasteiger partial charge in [0.15, 0.2) is 6.61 Å². The summed E-state index contributed by atoms with van der Waals surface area (Å²) in [5, 5.41) is 0. The van der Waals surface area contributed by atoms with Crippen molar-refractivity contribution in [2.75, 3.05) is 11.5 Å². The number of para-hydroxylation sites is 1. The number of halogens is 1. The SMILES string of the molecule is CC(C)N(C(=O)COC(=O)c1ccc(I)cc1)c1ccccc1. The van der Waals surface area contributed by atoms with E-state index in [4.69, 9.17) is 4.74 Å². The minimum atomic E-state index is -0.494. The highest BCUT2D eigenvalue weighted by molar-refractivity contribution is 14.1. The van der Waals surface area contributed by atoms with Crippen molar-refractivity contribution in [3.05, 3.63) is 63.7 Å². The molecule has 0 N–H and O–H groups in total. The predicted octanol–water partition coefficient (Wildman–Crippen LogP) is 3.89. The summed E-state index contributed by atoms with van der Waals surface area (Å²) in [6, 6.07) is 16.3. The molecule has 0 atom stereocenters. The number of esters is 1. The minimum Gasteiger partial charge on any atom is -0.452 e. The van der Waals surface area contributed by atoms with Gasteiger partial charge in [0.05, 0.1) is 5.56 Å². The van der Waals surface area contributed by atoms with Crippen molar-refractivity contribution in [3.8, 4) is 0 Å². The Hall–Kier alpha value is -1.89. The fourth-order valence-corrected chi connectivity index (χ4v) is 2.54. The molecule has 0 fully saturated rings. The summed E-state index contributed by atoms with van der Waals surface area (Å²) in [4.78, 5) is 26.0. The average Bonchev–Trinajstić information content (AvgIpc) is 2.54. The van der Waals surface area contributed by atoms with Crippen molar-refractivity contribution in [1.29, 1.82) is 0 Å². The molecule has 23 heavy (non-hydrogen) atoms. The zero-order valence-corrected chi connectivity index (χ0v) is 15.2. The van der Waals surface area contributed by atoms with E-state index < -0.39 is 5.97 Å². The van der Waals surface area contributed by atoms with E-state index in [1.165, 1.54) is 0 Å². The number of hydrogen-bond acceptors (Lipinski definition) is 3. The third-order valence-corrected chi connectivity index (χ3v) is 3.95. The van der Waals surface area contributed by atoms with Crippen molar-refractivity contribution in [2.24, 2.45) is 0 Å². The lowest BCUT2D eigenvalue weighted by molar-refractivity contribution is -0.122. The predicted molar refractivity (Wildman–Crippen MR) is 98.5 cm³/mol. The van der Waals surface area contributed by atoms with E-state index in [9.17, 15) is 9.59 Å². The molecule has 5 heteroatoms. The van der Waals surface area contributed by atoms with E-state index in [0.717, 1.165) is 9.26 Å². The second-order valence-electron chi connectivity index (χ2n) is 5.28. The third-order valence-electron chi connectivity index (χ3n) is 3.23. The molecular formula is C18H18INO3. The number of ether oxygens (including phenoxy) is 1. The molecule has 0 radical (unpaired) electrons. The van der Waals surface area contributed by atoms with Gasteiger partial charge in [0, 0.05) is 15.3 Å².